The lowest BCUT2D eigenvalue weighted by Crippen LogP contribution is -2.46. The Bertz CT molecular complexity index is 884. The first-order valence-electron chi connectivity index (χ1n) is 8.01. The van der Waals surface area contributed by atoms with Crippen LogP contribution in [0.2, 0.25) is 5.15 Å². The summed E-state index contributed by atoms with van der Waals surface area (Å²) in [7, 11) is 3.33. The summed E-state index contributed by atoms with van der Waals surface area (Å²) in [4.78, 5) is 16.6. The summed E-state index contributed by atoms with van der Waals surface area (Å²) in [6.07, 6.45) is 0.738. The normalized spacial score (nSPS) is 21.5. The van der Waals surface area contributed by atoms with Gasteiger partial charge in [-0.3, -0.25) is 14.5 Å². The predicted octanol–water partition coefficient (Wildman–Crippen LogP) is 3.39. The highest BCUT2D eigenvalue weighted by Crippen LogP contribution is 2.34. The molecular formula is C17H19ClFN5OS. The number of nitrogens with zero attached hydrogens (tertiary/aromatic N) is 3. The van der Waals surface area contributed by atoms with Gasteiger partial charge in [0.25, 0.3) is 5.91 Å². The molecule has 1 fully saturated rings. The van der Waals surface area contributed by atoms with Crippen LogP contribution in [0.5, 0.6) is 0 Å². The van der Waals surface area contributed by atoms with Gasteiger partial charge in [-0.15, -0.1) is 0 Å². The van der Waals surface area contributed by atoms with E-state index in [4.69, 9.17) is 11.6 Å². The maximum Gasteiger partial charge on any atom is 0.273 e. The molecule has 9 heteroatoms. The second kappa shape index (κ2) is 7.28. The van der Waals surface area contributed by atoms with Gasteiger partial charge in [-0.1, -0.05) is 23.4 Å². The van der Waals surface area contributed by atoms with Gasteiger partial charge in [-0.2, -0.15) is 5.10 Å². The quantitative estimate of drug-likeness (QED) is 0.835. The van der Waals surface area contributed by atoms with Gasteiger partial charge in [-0.05, 0) is 31.5 Å². The van der Waals surface area contributed by atoms with Gasteiger partial charge in [0.15, 0.2) is 10.3 Å². The van der Waals surface area contributed by atoms with Crippen LogP contribution in [0, 0.1) is 5.82 Å². The average molecular weight is 396 g/mol. The monoisotopic (exact) mass is 395 g/mol. The number of thioether (sulfide) groups is 1. The third-order valence-electron chi connectivity index (χ3n) is 4.33. The number of aromatic nitrogens is 2. The van der Waals surface area contributed by atoms with Crippen molar-refractivity contribution in [1.82, 2.24) is 15.1 Å². The second-order valence-electron chi connectivity index (χ2n) is 6.21. The highest BCUT2D eigenvalue weighted by atomic mass is 35.5. The number of anilines is 1. The number of benzene rings is 1. The lowest BCUT2D eigenvalue weighted by Gasteiger charge is -2.36. The fraction of sp³-hybridized carbons (Fsp3) is 0.353. The average Bonchev–Trinajstić information content (AvgIpc) is 2.95. The molecule has 3 rings (SSSR count). The van der Waals surface area contributed by atoms with Gasteiger partial charge in [0, 0.05) is 37.2 Å². The number of carbonyl (C=O) groups is 1. The minimum Gasteiger partial charge on any atom is -0.356 e. The highest BCUT2D eigenvalue weighted by molar-refractivity contribution is 8.13. The zero-order valence-corrected chi connectivity index (χ0v) is 16.2. The van der Waals surface area contributed by atoms with Gasteiger partial charge < -0.3 is 10.6 Å². The minimum absolute atomic E-state index is 0.236. The van der Waals surface area contributed by atoms with E-state index in [1.807, 2.05) is 6.92 Å². The van der Waals surface area contributed by atoms with Crippen molar-refractivity contribution in [3.05, 3.63) is 46.5 Å². The maximum absolute atomic E-state index is 14.5. The van der Waals surface area contributed by atoms with Crippen molar-refractivity contribution < 1.29 is 9.18 Å². The van der Waals surface area contributed by atoms with Gasteiger partial charge in [-0.25, -0.2) is 4.39 Å². The Balaban J connectivity index is 1.88. The molecule has 0 spiro atoms. The number of rotatable bonds is 3. The summed E-state index contributed by atoms with van der Waals surface area (Å²) < 4.78 is 15.9. The van der Waals surface area contributed by atoms with Crippen LogP contribution in [0.25, 0.3) is 0 Å². The number of carbonyl (C=O) groups excluding carboxylic acids is 1. The Labute approximate surface area is 160 Å². The van der Waals surface area contributed by atoms with Crippen LogP contribution >= 0.6 is 23.4 Å². The number of aliphatic imine (C=N–C) groups is 1. The Kier molecular flexibility index (Phi) is 5.24. The smallest absolute Gasteiger partial charge is 0.273 e. The molecule has 26 heavy (non-hydrogen) atoms. The van der Waals surface area contributed by atoms with E-state index in [0.717, 1.165) is 17.3 Å². The lowest BCUT2D eigenvalue weighted by atomic mass is 9.88. The number of halogens is 2. The largest absolute Gasteiger partial charge is 0.356 e. The number of nitrogens with one attached hydrogen (secondary N) is 2. The highest BCUT2D eigenvalue weighted by Gasteiger charge is 2.34. The van der Waals surface area contributed by atoms with Crippen LogP contribution < -0.4 is 10.6 Å². The number of amides is 1. The van der Waals surface area contributed by atoms with Crippen molar-refractivity contribution in [2.45, 2.75) is 18.9 Å². The van der Waals surface area contributed by atoms with Gasteiger partial charge in [0.1, 0.15) is 11.5 Å². The molecule has 0 radical (unpaired) electrons. The Hall–Kier alpha value is -2.06. The fourth-order valence-corrected chi connectivity index (χ4v) is 4.22. The summed E-state index contributed by atoms with van der Waals surface area (Å²) in [6.45, 7) is 1.93. The number of hydrogen-bond donors (Lipinski definition) is 2. The van der Waals surface area contributed by atoms with Crippen LogP contribution in [-0.4, -0.2) is 33.7 Å². The molecule has 1 amide bonds. The molecule has 2 heterocycles. The van der Waals surface area contributed by atoms with Crippen molar-refractivity contribution in [3.8, 4) is 0 Å². The summed E-state index contributed by atoms with van der Waals surface area (Å²) in [5.41, 5.74) is 0.709. The Morgan fingerprint density at radius 1 is 1.50 bits per heavy atom. The Morgan fingerprint density at radius 3 is 2.92 bits per heavy atom. The van der Waals surface area contributed by atoms with Crippen LogP contribution in [0.4, 0.5) is 10.1 Å². The van der Waals surface area contributed by atoms with E-state index in [0.29, 0.717) is 16.9 Å². The second-order valence-corrected chi connectivity index (χ2v) is 7.68. The van der Waals surface area contributed by atoms with E-state index in [-0.39, 0.29) is 16.9 Å². The van der Waals surface area contributed by atoms with Crippen molar-refractivity contribution in [2.24, 2.45) is 12.0 Å². The van der Waals surface area contributed by atoms with E-state index in [1.165, 1.54) is 22.9 Å². The first-order valence-corrected chi connectivity index (χ1v) is 9.37. The van der Waals surface area contributed by atoms with Crippen LogP contribution in [0.1, 0.15) is 29.4 Å². The van der Waals surface area contributed by atoms with Crippen LogP contribution in [0.3, 0.4) is 0 Å². The molecule has 1 unspecified atom stereocenters. The maximum atomic E-state index is 14.5. The molecule has 138 valence electrons. The minimum atomic E-state index is -0.596. The summed E-state index contributed by atoms with van der Waals surface area (Å²) in [5.74, 6) is 0.140. The van der Waals surface area contributed by atoms with E-state index >= 15 is 0 Å². The van der Waals surface area contributed by atoms with Crippen LogP contribution in [0.15, 0.2) is 29.3 Å². The molecule has 1 aromatic carbocycles. The van der Waals surface area contributed by atoms with Crippen molar-refractivity contribution in [3.63, 3.8) is 0 Å². The molecule has 0 bridgehead atoms. The summed E-state index contributed by atoms with van der Waals surface area (Å²) >= 11 is 7.43. The van der Waals surface area contributed by atoms with Gasteiger partial charge in [0.05, 0.1) is 5.54 Å². The predicted molar refractivity (Wildman–Crippen MR) is 103 cm³/mol. The molecule has 2 N–H and O–H groups in total. The van der Waals surface area contributed by atoms with E-state index in [9.17, 15) is 9.18 Å². The van der Waals surface area contributed by atoms with E-state index in [1.54, 1.807) is 31.9 Å². The van der Waals surface area contributed by atoms with E-state index < -0.39 is 5.54 Å². The molecule has 1 atom stereocenters. The summed E-state index contributed by atoms with van der Waals surface area (Å²) in [5, 5.41) is 11.0. The molecule has 1 aromatic heterocycles. The molecule has 6 nitrogen and oxygen atoms in total. The van der Waals surface area contributed by atoms with Gasteiger partial charge in [0.2, 0.25) is 0 Å². The first kappa shape index (κ1) is 18.7. The van der Waals surface area contributed by atoms with Crippen molar-refractivity contribution >= 4 is 40.1 Å². The number of hydrogen-bond acceptors (Lipinski definition) is 4. The van der Waals surface area contributed by atoms with Crippen molar-refractivity contribution in [1.29, 1.82) is 0 Å². The Morgan fingerprint density at radius 2 is 2.27 bits per heavy atom. The summed E-state index contributed by atoms with van der Waals surface area (Å²) in [6, 6.07) is 6.02. The SMILES string of the molecule is CN=C1NC(C)(c2cc(NC(=O)c3cc(Cl)nn3C)ccc2F)CCS1. The fourth-order valence-electron chi connectivity index (χ4n) is 2.87. The zero-order chi connectivity index (χ0) is 18.9. The molecule has 2 aromatic rings. The van der Waals surface area contributed by atoms with Crippen LogP contribution in [-0.2, 0) is 12.6 Å². The zero-order valence-electron chi connectivity index (χ0n) is 14.6. The first-order chi connectivity index (χ1) is 12.3. The van der Waals surface area contributed by atoms with E-state index in [2.05, 4.69) is 20.7 Å². The number of amidine groups is 1. The number of aryl methyl sites for hydroxylation is 1. The lowest BCUT2D eigenvalue weighted by molar-refractivity contribution is 0.101. The molecule has 1 aliphatic rings. The molecule has 0 saturated carbocycles. The van der Waals surface area contributed by atoms with Crippen molar-refractivity contribution in [2.75, 3.05) is 18.1 Å². The third-order valence-corrected chi connectivity index (χ3v) is 5.48. The molecular weight excluding hydrogens is 377 g/mol. The molecule has 1 saturated heterocycles. The molecule has 0 aliphatic carbocycles. The molecule has 1 aliphatic heterocycles. The topological polar surface area (TPSA) is 71.3 Å². The van der Waals surface area contributed by atoms with Gasteiger partial charge >= 0.3 is 0 Å². The third kappa shape index (κ3) is 3.71. The standard InChI is InChI=1S/C17H19ClFN5OS/c1-17(6-7-26-16(20-2)22-17)11-8-10(4-5-12(11)19)21-15(25)13-9-14(18)23-24(13)3/h4-5,8-9H,6-7H2,1-3H3,(H,20,22)(H,21,25).